The Hall–Kier alpha value is -2.25. The summed E-state index contributed by atoms with van der Waals surface area (Å²) in [5.41, 5.74) is 2.24. The van der Waals surface area contributed by atoms with Gasteiger partial charge in [-0.25, -0.2) is 0 Å². The van der Waals surface area contributed by atoms with Crippen molar-refractivity contribution in [1.29, 1.82) is 0 Å². The van der Waals surface area contributed by atoms with Gasteiger partial charge in [0.2, 0.25) is 0 Å². The lowest BCUT2D eigenvalue weighted by Crippen LogP contribution is -2.16. The minimum atomic E-state index is -0.766. The van der Waals surface area contributed by atoms with Crippen LogP contribution in [0, 0.1) is 23.7 Å². The van der Waals surface area contributed by atoms with Crippen LogP contribution in [-0.4, -0.2) is 28.4 Å². The molecule has 0 bridgehead atoms. The molecule has 3 rings (SSSR count). The highest BCUT2D eigenvalue weighted by molar-refractivity contribution is 5.66. The van der Waals surface area contributed by atoms with Crippen LogP contribution in [0.3, 0.4) is 0 Å². The predicted octanol–water partition coefficient (Wildman–Crippen LogP) is 4.32. The average molecular weight is 383 g/mol. The van der Waals surface area contributed by atoms with Gasteiger partial charge in [-0.15, -0.1) is 11.8 Å². The van der Waals surface area contributed by atoms with Crippen molar-refractivity contribution in [3.05, 3.63) is 41.5 Å². The van der Waals surface area contributed by atoms with E-state index in [0.29, 0.717) is 25.2 Å². The van der Waals surface area contributed by atoms with Gasteiger partial charge in [-0.3, -0.25) is 4.79 Å². The first kappa shape index (κ1) is 20.5. The normalized spacial score (nSPS) is 26.2. The number of benzene rings is 1. The number of aryl methyl sites for hydroxylation is 1. The Bertz CT molecular complexity index is 786. The fourth-order valence-corrected chi connectivity index (χ4v) is 4.42. The first-order valence-electron chi connectivity index (χ1n) is 10.3. The van der Waals surface area contributed by atoms with E-state index in [9.17, 15) is 9.90 Å². The number of aliphatic hydroxyl groups excluding tert-OH is 1. The molecule has 1 heterocycles. The van der Waals surface area contributed by atoms with Gasteiger partial charge in [0.25, 0.3) is 0 Å². The Balaban J connectivity index is 1.71. The van der Waals surface area contributed by atoms with Crippen LogP contribution in [0.25, 0.3) is 0 Å². The van der Waals surface area contributed by atoms with Crippen molar-refractivity contribution >= 4 is 5.97 Å². The van der Waals surface area contributed by atoms with Crippen LogP contribution in [0.1, 0.15) is 63.0 Å². The quantitative estimate of drug-likeness (QED) is 0.519. The fraction of sp³-hybridized carbons (Fsp3) is 0.542. The van der Waals surface area contributed by atoms with Gasteiger partial charge in [0.15, 0.2) is 0 Å². The van der Waals surface area contributed by atoms with Crippen molar-refractivity contribution < 1.29 is 19.7 Å². The molecule has 4 heteroatoms. The van der Waals surface area contributed by atoms with E-state index < -0.39 is 5.97 Å². The standard InChI is InChI=1S/C24H30O4/c1-3-4-8-16(2)9-5-12-18-20(25)15-21-23(18)19-13-6-10-17(24(19)28-21)11-7-14-22(26)27/h5-6,10,12-13,16,18,20-21,23,25H,7-9,11,14-15H2,1-2H3,(H,26,27)/b12-5+/t16-,18-,20+,21-,23-/m0/s1. The maximum absolute atomic E-state index is 10.8. The van der Waals surface area contributed by atoms with Crippen molar-refractivity contribution in [3.63, 3.8) is 0 Å². The van der Waals surface area contributed by atoms with Crippen molar-refractivity contribution in [3.8, 4) is 17.6 Å². The van der Waals surface area contributed by atoms with E-state index >= 15 is 0 Å². The zero-order valence-electron chi connectivity index (χ0n) is 16.7. The number of allylic oxidation sites excluding steroid dienone is 1. The molecule has 0 unspecified atom stereocenters. The van der Waals surface area contributed by atoms with Crippen LogP contribution in [-0.2, 0) is 11.2 Å². The molecule has 1 fully saturated rings. The molecule has 2 aliphatic rings. The van der Waals surface area contributed by atoms with E-state index in [0.717, 1.165) is 29.7 Å². The summed E-state index contributed by atoms with van der Waals surface area (Å²) in [6.45, 7) is 4.06. The van der Waals surface area contributed by atoms with E-state index in [1.807, 2.05) is 19.1 Å². The highest BCUT2D eigenvalue weighted by Gasteiger charge is 2.48. The van der Waals surface area contributed by atoms with Gasteiger partial charge >= 0.3 is 5.97 Å². The first-order valence-corrected chi connectivity index (χ1v) is 10.3. The molecule has 0 amide bonds. The highest BCUT2D eigenvalue weighted by Crippen LogP contribution is 2.52. The van der Waals surface area contributed by atoms with Crippen LogP contribution < -0.4 is 4.74 Å². The van der Waals surface area contributed by atoms with Crippen LogP contribution in [0.15, 0.2) is 30.4 Å². The third-order valence-corrected chi connectivity index (χ3v) is 5.85. The van der Waals surface area contributed by atoms with Gasteiger partial charge in [0.1, 0.15) is 11.9 Å². The number of hydrogen-bond donors (Lipinski definition) is 2. The van der Waals surface area contributed by atoms with Gasteiger partial charge in [-0.2, -0.15) is 0 Å². The summed E-state index contributed by atoms with van der Waals surface area (Å²) < 4.78 is 6.24. The van der Waals surface area contributed by atoms with Crippen LogP contribution in [0.2, 0.25) is 0 Å². The molecule has 1 aliphatic heterocycles. The monoisotopic (exact) mass is 382 g/mol. The molecule has 0 radical (unpaired) electrons. The van der Waals surface area contributed by atoms with Crippen molar-refractivity contribution in [2.45, 2.75) is 70.5 Å². The lowest BCUT2D eigenvalue weighted by Gasteiger charge is -2.17. The Kier molecular flexibility index (Phi) is 6.80. The summed E-state index contributed by atoms with van der Waals surface area (Å²) in [6.07, 6.45) is 7.94. The smallest absolute Gasteiger partial charge is 0.303 e. The Labute approximate surface area is 167 Å². The second-order valence-electron chi connectivity index (χ2n) is 8.05. The molecule has 2 N–H and O–H groups in total. The maximum Gasteiger partial charge on any atom is 0.303 e. The summed E-state index contributed by atoms with van der Waals surface area (Å²) in [7, 11) is 0. The Morgan fingerprint density at radius 1 is 1.43 bits per heavy atom. The molecule has 1 saturated carbocycles. The number of para-hydroxylation sites is 1. The number of carbonyl (C=O) groups is 1. The lowest BCUT2D eigenvalue weighted by molar-refractivity contribution is -0.137. The lowest BCUT2D eigenvalue weighted by atomic mass is 9.86. The SMILES string of the molecule is CC#CC[C@H](C)C/C=C/[C@@H]1[C@H]2c3cccc(CCCC(=O)O)c3O[C@H]2C[C@H]1O. The molecule has 1 aromatic rings. The van der Waals surface area contributed by atoms with Crippen LogP contribution >= 0.6 is 0 Å². The van der Waals surface area contributed by atoms with Gasteiger partial charge in [0.05, 0.1) is 6.10 Å². The molecule has 1 aromatic carbocycles. The van der Waals surface area contributed by atoms with Crippen LogP contribution in [0.4, 0.5) is 0 Å². The second-order valence-corrected chi connectivity index (χ2v) is 8.05. The van der Waals surface area contributed by atoms with Crippen molar-refractivity contribution in [2.75, 3.05) is 0 Å². The number of rotatable bonds is 8. The summed E-state index contributed by atoms with van der Waals surface area (Å²) in [5, 5.41) is 19.5. The van der Waals surface area contributed by atoms with Gasteiger partial charge < -0.3 is 14.9 Å². The largest absolute Gasteiger partial charge is 0.489 e. The van der Waals surface area contributed by atoms with Gasteiger partial charge in [0, 0.05) is 36.7 Å². The molecule has 4 nitrogen and oxygen atoms in total. The number of aliphatic carboxylic acids is 1. The number of ether oxygens (including phenoxy) is 1. The number of aliphatic hydroxyl groups is 1. The summed E-state index contributed by atoms with van der Waals surface area (Å²) in [6, 6.07) is 6.15. The zero-order valence-corrected chi connectivity index (χ0v) is 16.7. The number of hydrogen-bond acceptors (Lipinski definition) is 3. The van der Waals surface area contributed by atoms with Crippen molar-refractivity contribution in [2.24, 2.45) is 11.8 Å². The maximum atomic E-state index is 10.8. The van der Waals surface area contributed by atoms with Gasteiger partial charge in [-0.05, 0) is 37.7 Å². The van der Waals surface area contributed by atoms with E-state index in [4.69, 9.17) is 9.84 Å². The topological polar surface area (TPSA) is 66.8 Å². The Morgan fingerprint density at radius 3 is 3.00 bits per heavy atom. The Morgan fingerprint density at radius 2 is 2.25 bits per heavy atom. The predicted molar refractivity (Wildman–Crippen MR) is 109 cm³/mol. The molecule has 0 spiro atoms. The molecule has 0 saturated heterocycles. The number of fused-ring (bicyclic) bond motifs is 3. The minimum Gasteiger partial charge on any atom is -0.489 e. The third kappa shape index (κ3) is 4.59. The molecular formula is C24H30O4. The summed E-state index contributed by atoms with van der Waals surface area (Å²) in [4.78, 5) is 10.8. The van der Waals surface area contributed by atoms with E-state index in [1.54, 1.807) is 0 Å². The second kappa shape index (κ2) is 9.30. The minimum absolute atomic E-state index is 0.00338. The molecular weight excluding hydrogens is 352 g/mol. The first-order chi connectivity index (χ1) is 13.5. The summed E-state index contributed by atoms with van der Waals surface area (Å²) in [5.74, 6) is 6.96. The molecule has 5 atom stereocenters. The molecule has 0 aromatic heterocycles. The number of carboxylic acid groups (broad SMARTS) is 1. The zero-order chi connectivity index (χ0) is 20.1. The third-order valence-electron chi connectivity index (χ3n) is 5.85. The highest BCUT2D eigenvalue weighted by atomic mass is 16.5. The van der Waals surface area contributed by atoms with Crippen molar-refractivity contribution in [1.82, 2.24) is 0 Å². The van der Waals surface area contributed by atoms with E-state index in [-0.39, 0.29) is 30.5 Å². The van der Waals surface area contributed by atoms with Gasteiger partial charge in [-0.1, -0.05) is 37.3 Å². The van der Waals surface area contributed by atoms with Crippen LogP contribution in [0.5, 0.6) is 5.75 Å². The average Bonchev–Trinajstić information content (AvgIpc) is 3.16. The molecule has 28 heavy (non-hydrogen) atoms. The van der Waals surface area contributed by atoms with E-state index in [2.05, 4.69) is 37.0 Å². The fourth-order valence-electron chi connectivity index (χ4n) is 4.42. The molecule has 150 valence electrons. The summed E-state index contributed by atoms with van der Waals surface area (Å²) >= 11 is 0. The van der Waals surface area contributed by atoms with E-state index in [1.165, 1.54) is 0 Å². The molecule has 1 aliphatic carbocycles. The number of carboxylic acids is 1.